The molecule has 0 radical (unpaired) electrons. The summed E-state index contributed by atoms with van der Waals surface area (Å²) in [6.07, 6.45) is 0.921. The first-order valence-electron chi connectivity index (χ1n) is 11.9. The Morgan fingerprint density at radius 2 is 1.62 bits per heavy atom. The van der Waals surface area contributed by atoms with E-state index in [2.05, 4.69) is 29.6 Å². The lowest BCUT2D eigenvalue weighted by molar-refractivity contribution is -0.153. The number of nitrogens with one attached hydrogen (secondary N) is 1. The minimum atomic E-state index is -0.806. The average molecular weight is 465 g/mol. The topological polar surface area (TPSA) is 95.9 Å². The van der Waals surface area contributed by atoms with Gasteiger partial charge in [0.2, 0.25) is 5.91 Å². The van der Waals surface area contributed by atoms with Crippen LogP contribution in [0.5, 0.6) is 0 Å². The number of hydrogen-bond acceptors (Lipinski definition) is 4. The molecule has 1 atom stereocenters. The van der Waals surface area contributed by atoms with Crippen molar-refractivity contribution >= 4 is 18.0 Å². The van der Waals surface area contributed by atoms with Crippen LogP contribution in [0.4, 0.5) is 4.79 Å². The molecule has 2 aromatic rings. The molecule has 180 valence electrons. The van der Waals surface area contributed by atoms with Crippen molar-refractivity contribution in [2.45, 2.75) is 39.0 Å². The van der Waals surface area contributed by atoms with Gasteiger partial charge in [-0.3, -0.25) is 9.59 Å². The van der Waals surface area contributed by atoms with Crippen LogP contribution >= 0.6 is 0 Å². The Kier molecular flexibility index (Phi) is 6.91. The fourth-order valence-corrected chi connectivity index (χ4v) is 4.91. The molecule has 2 amide bonds. The predicted octanol–water partition coefficient (Wildman–Crippen LogP) is 4.26. The van der Waals surface area contributed by atoms with Crippen LogP contribution in [-0.4, -0.2) is 54.2 Å². The van der Waals surface area contributed by atoms with Gasteiger partial charge in [0.1, 0.15) is 6.61 Å². The molecule has 1 heterocycles. The van der Waals surface area contributed by atoms with Crippen molar-refractivity contribution in [3.63, 3.8) is 0 Å². The summed E-state index contributed by atoms with van der Waals surface area (Å²) in [6, 6.07) is 16.4. The average Bonchev–Trinajstić information content (AvgIpc) is 3.16. The minimum Gasteiger partial charge on any atom is -0.481 e. The number of carboxylic acid groups (broad SMARTS) is 1. The molecule has 1 unspecified atom stereocenters. The Morgan fingerprint density at radius 3 is 2.18 bits per heavy atom. The van der Waals surface area contributed by atoms with Gasteiger partial charge in [-0.25, -0.2) is 4.79 Å². The number of likely N-dealkylation sites (tertiary alicyclic amines) is 1. The van der Waals surface area contributed by atoms with Crippen LogP contribution in [0.3, 0.4) is 0 Å². The molecule has 1 saturated heterocycles. The summed E-state index contributed by atoms with van der Waals surface area (Å²) in [4.78, 5) is 38.2. The smallest absolute Gasteiger partial charge is 0.407 e. The first-order valence-corrected chi connectivity index (χ1v) is 11.9. The molecule has 2 aliphatic rings. The molecule has 0 saturated carbocycles. The second-order valence-corrected chi connectivity index (χ2v) is 9.63. The Hall–Kier alpha value is -3.35. The maximum absolute atomic E-state index is 12.7. The van der Waals surface area contributed by atoms with E-state index < -0.39 is 17.5 Å². The number of piperidine rings is 1. The maximum Gasteiger partial charge on any atom is 0.407 e. The number of rotatable bonds is 7. The van der Waals surface area contributed by atoms with Crippen LogP contribution in [0.15, 0.2) is 48.5 Å². The van der Waals surface area contributed by atoms with Gasteiger partial charge in [0.05, 0.1) is 5.41 Å². The highest BCUT2D eigenvalue weighted by Crippen LogP contribution is 2.44. The van der Waals surface area contributed by atoms with Gasteiger partial charge in [0.25, 0.3) is 0 Å². The highest BCUT2D eigenvalue weighted by Gasteiger charge is 2.38. The number of amides is 2. The predicted molar refractivity (Wildman–Crippen MR) is 128 cm³/mol. The molecule has 7 heteroatoms. The lowest BCUT2D eigenvalue weighted by Crippen LogP contribution is -2.47. The molecular weight excluding hydrogens is 432 g/mol. The molecule has 7 nitrogen and oxygen atoms in total. The fraction of sp³-hybridized carbons (Fsp3) is 0.444. The molecule has 0 aromatic heterocycles. The van der Waals surface area contributed by atoms with Crippen molar-refractivity contribution in [1.82, 2.24) is 10.2 Å². The van der Waals surface area contributed by atoms with Gasteiger partial charge < -0.3 is 20.1 Å². The quantitative estimate of drug-likeness (QED) is 0.638. The summed E-state index contributed by atoms with van der Waals surface area (Å²) < 4.78 is 5.54. The van der Waals surface area contributed by atoms with Crippen molar-refractivity contribution in [2.24, 2.45) is 11.3 Å². The summed E-state index contributed by atoms with van der Waals surface area (Å²) in [5, 5.41) is 12.1. The Balaban J connectivity index is 1.22. The zero-order valence-corrected chi connectivity index (χ0v) is 19.8. The van der Waals surface area contributed by atoms with Gasteiger partial charge in [0, 0.05) is 31.5 Å². The lowest BCUT2D eigenvalue weighted by atomic mass is 9.80. The number of nitrogens with zero attached hydrogens (tertiary/aromatic N) is 1. The highest BCUT2D eigenvalue weighted by atomic mass is 16.5. The number of benzene rings is 2. The fourth-order valence-electron chi connectivity index (χ4n) is 4.91. The Morgan fingerprint density at radius 1 is 1.06 bits per heavy atom. The third-order valence-electron chi connectivity index (χ3n) is 7.31. The molecule has 1 aliphatic heterocycles. The standard InChI is InChI=1S/C27H32N2O5/c1-18(24(30)29-15-12-27(2,13-16-29)25(31)32)11-14-28-26(33)34-17-23-21-9-5-3-7-19(21)20-8-4-6-10-22(20)23/h3-10,18,23H,11-17H2,1-2H3,(H,28,33)(H,31,32). The number of fused-ring (bicyclic) bond motifs is 3. The van der Waals surface area contributed by atoms with Crippen LogP contribution in [0, 0.1) is 11.3 Å². The summed E-state index contributed by atoms with van der Waals surface area (Å²) in [7, 11) is 0. The van der Waals surface area contributed by atoms with Crippen molar-refractivity contribution in [3.8, 4) is 11.1 Å². The van der Waals surface area contributed by atoms with Crippen LogP contribution in [0.25, 0.3) is 11.1 Å². The minimum absolute atomic E-state index is 0.00164. The monoisotopic (exact) mass is 464 g/mol. The van der Waals surface area contributed by atoms with Gasteiger partial charge in [-0.2, -0.15) is 0 Å². The summed E-state index contributed by atoms with van der Waals surface area (Å²) in [5.41, 5.74) is 3.93. The van der Waals surface area contributed by atoms with E-state index in [1.807, 2.05) is 31.2 Å². The van der Waals surface area contributed by atoms with Crippen molar-refractivity contribution < 1.29 is 24.2 Å². The molecule has 2 aromatic carbocycles. The van der Waals surface area contributed by atoms with Gasteiger partial charge in [-0.05, 0) is 48.4 Å². The number of carbonyl (C=O) groups excluding carboxylic acids is 2. The molecule has 2 N–H and O–H groups in total. The van der Waals surface area contributed by atoms with Crippen LogP contribution in [0.2, 0.25) is 0 Å². The number of carbonyl (C=O) groups is 3. The van der Waals surface area contributed by atoms with E-state index >= 15 is 0 Å². The maximum atomic E-state index is 12.7. The van der Waals surface area contributed by atoms with Gasteiger partial charge in [-0.15, -0.1) is 0 Å². The summed E-state index contributed by atoms with van der Waals surface area (Å²) >= 11 is 0. The van der Waals surface area contributed by atoms with Crippen molar-refractivity contribution in [1.29, 1.82) is 0 Å². The van der Waals surface area contributed by atoms with E-state index in [0.29, 0.717) is 38.9 Å². The second-order valence-electron chi connectivity index (χ2n) is 9.63. The van der Waals surface area contributed by atoms with Gasteiger partial charge >= 0.3 is 12.1 Å². The van der Waals surface area contributed by atoms with Crippen molar-refractivity contribution in [2.75, 3.05) is 26.2 Å². The van der Waals surface area contributed by atoms with E-state index in [0.717, 1.165) is 11.1 Å². The van der Waals surface area contributed by atoms with Crippen LogP contribution in [-0.2, 0) is 14.3 Å². The van der Waals surface area contributed by atoms with Crippen LogP contribution in [0.1, 0.15) is 50.2 Å². The molecule has 1 fully saturated rings. The van der Waals surface area contributed by atoms with E-state index in [4.69, 9.17) is 4.74 Å². The molecular formula is C27H32N2O5. The molecule has 34 heavy (non-hydrogen) atoms. The zero-order valence-electron chi connectivity index (χ0n) is 19.8. The lowest BCUT2D eigenvalue weighted by Gasteiger charge is -2.37. The Labute approximate surface area is 200 Å². The number of carboxylic acids is 1. The third-order valence-corrected chi connectivity index (χ3v) is 7.31. The first kappa shape index (κ1) is 23.8. The second kappa shape index (κ2) is 9.87. The van der Waals surface area contributed by atoms with Gasteiger partial charge in [-0.1, -0.05) is 55.5 Å². The molecule has 0 bridgehead atoms. The molecule has 1 aliphatic carbocycles. The van der Waals surface area contributed by atoms with Gasteiger partial charge in [0.15, 0.2) is 0 Å². The third kappa shape index (κ3) is 4.79. The zero-order chi connectivity index (χ0) is 24.3. The number of alkyl carbamates (subject to hydrolysis) is 1. The number of ether oxygens (including phenoxy) is 1. The molecule has 0 spiro atoms. The number of hydrogen-bond donors (Lipinski definition) is 2. The molecule has 4 rings (SSSR count). The Bertz CT molecular complexity index is 1030. The number of aliphatic carboxylic acids is 1. The van der Waals surface area contributed by atoms with E-state index in [9.17, 15) is 19.5 Å². The summed E-state index contributed by atoms with van der Waals surface area (Å²) in [6.45, 7) is 5.07. The van der Waals surface area contributed by atoms with Crippen molar-refractivity contribution in [3.05, 3.63) is 59.7 Å². The van der Waals surface area contributed by atoms with E-state index in [1.54, 1.807) is 11.8 Å². The van der Waals surface area contributed by atoms with E-state index in [1.165, 1.54) is 11.1 Å². The normalized spacial score (nSPS) is 17.4. The van der Waals surface area contributed by atoms with Crippen LogP contribution < -0.4 is 5.32 Å². The largest absolute Gasteiger partial charge is 0.481 e. The van der Waals surface area contributed by atoms with E-state index in [-0.39, 0.29) is 24.3 Å². The SMILES string of the molecule is CC(CCNC(=O)OCC1c2ccccc2-c2ccccc21)C(=O)N1CCC(C)(C(=O)O)CC1. The first-order chi connectivity index (χ1) is 16.3. The highest BCUT2D eigenvalue weighted by molar-refractivity contribution is 5.80. The summed E-state index contributed by atoms with van der Waals surface area (Å²) in [5.74, 6) is -1.06.